The van der Waals surface area contributed by atoms with Crippen LogP contribution in [0.2, 0.25) is 0 Å². The zero-order valence-electron chi connectivity index (χ0n) is 48.7. The summed E-state index contributed by atoms with van der Waals surface area (Å²) in [6.07, 6.45) is 15.0. The van der Waals surface area contributed by atoms with E-state index in [2.05, 4.69) is 339 Å². The number of rotatable bonds is 23. The summed E-state index contributed by atoms with van der Waals surface area (Å²) in [5.74, 6) is 1.09. The van der Waals surface area contributed by atoms with Crippen molar-refractivity contribution in [3.63, 3.8) is 0 Å². The summed E-state index contributed by atoms with van der Waals surface area (Å²) in [6, 6.07) is 100. The Balaban J connectivity index is 0.000000244. The average molecular weight is 1490 g/mol. The van der Waals surface area contributed by atoms with E-state index in [4.69, 9.17) is 23.2 Å². The summed E-state index contributed by atoms with van der Waals surface area (Å²) in [4.78, 5) is 0. The van der Waals surface area contributed by atoms with E-state index in [9.17, 15) is 0 Å². The minimum absolute atomic E-state index is 0.163. The minimum atomic E-state index is -0.427. The van der Waals surface area contributed by atoms with Crippen LogP contribution in [-0.4, -0.2) is 30.3 Å². The number of alkyl halides is 1. The Morgan fingerprint density at radius 1 is 0.381 bits per heavy atom. The van der Waals surface area contributed by atoms with Gasteiger partial charge < -0.3 is 0 Å². The first-order valence-electron chi connectivity index (χ1n) is 28.5. The van der Waals surface area contributed by atoms with Crippen LogP contribution in [-0.2, 0) is 14.2 Å². The molecule has 0 bridgehead atoms. The fourth-order valence-electron chi connectivity index (χ4n) is 9.72. The van der Waals surface area contributed by atoms with Crippen LogP contribution >= 0.6 is 108 Å². The van der Waals surface area contributed by atoms with Crippen molar-refractivity contribution in [1.82, 2.24) is 0 Å². The molecule has 10 heteroatoms. The molecule has 1 unspecified atom stereocenters. The van der Waals surface area contributed by atoms with Crippen molar-refractivity contribution in [2.45, 2.75) is 78.4 Å². The Morgan fingerprint density at radius 3 is 0.833 bits per heavy atom. The van der Waals surface area contributed by atoms with Gasteiger partial charge in [-0.3, -0.25) is 0 Å². The molecule has 0 amide bonds. The second-order valence-corrected chi connectivity index (χ2v) is 26.2. The van der Waals surface area contributed by atoms with E-state index in [1.165, 1.54) is 82.2 Å². The van der Waals surface area contributed by atoms with Crippen LogP contribution in [0.4, 0.5) is 0 Å². The number of unbranched alkanes of at least 4 members (excludes halogenated alkanes) is 8. The SMILES string of the molecule is CPSC.CSC(c1ccccc1)(c1ccccc1)c1ccccc1.II.N#CCCCCCCBr.N#CCCCCCCSC(c1ccccc1)(c1ccccc1)c1ccccc1.SC(c1ccccc1)(c1ccccc1)c1ccccc1. The normalized spacial score (nSPS) is 10.7. The predicted molar refractivity (Wildman–Crippen MR) is 400 cm³/mol. The Labute approximate surface area is 557 Å². The molecule has 0 heterocycles. The van der Waals surface area contributed by atoms with Crippen molar-refractivity contribution >= 4 is 108 Å². The largest absolute Gasteiger partial charge is 0.198 e. The number of thiol groups is 1. The van der Waals surface area contributed by atoms with E-state index in [1.807, 2.05) is 53.1 Å². The van der Waals surface area contributed by atoms with Gasteiger partial charge in [0.1, 0.15) is 0 Å². The van der Waals surface area contributed by atoms with E-state index in [-0.39, 0.29) is 9.49 Å². The predicted octanol–water partition coefficient (Wildman–Crippen LogP) is 23.6. The molecule has 9 aromatic rings. The van der Waals surface area contributed by atoms with E-state index in [0.29, 0.717) is 6.42 Å². The Bertz CT molecular complexity index is 2820. The standard InChI is InChI=1S/C26H27NS.C20H18S.C19H16S.C7H12BrN.C2H7PS.I2/c27-21-13-2-1-3-14-22-28-26(23-15-7-4-8-16-23,24-17-9-5-10-18-24)25-19-11-6-12-20-25;1-21-20(17-11-5-2-6-12-17,18-13-7-3-8-14-18)19-15-9-4-10-16-19;20-19(16-10-4-1-5-11-16,17-12-6-2-7-13-17)18-14-8-3-9-15-18;8-6-4-2-1-3-5-7-9;1-3-4-2;1-2/h4-12,15-20H,1-3,13-14,22H2;2-16H,1H3;1-15,20H;1-6H2;3H,1-2H3;. The lowest BCUT2D eigenvalue weighted by molar-refractivity contribution is 0.680. The van der Waals surface area contributed by atoms with Crippen LogP contribution in [0.1, 0.15) is 114 Å². The molecule has 0 aromatic heterocycles. The molecule has 0 fully saturated rings. The van der Waals surface area contributed by atoms with Gasteiger partial charge in [-0.2, -0.15) is 23.2 Å². The molecule has 84 heavy (non-hydrogen) atoms. The molecule has 0 spiro atoms. The Hall–Kier alpha value is -4.27. The highest BCUT2D eigenvalue weighted by Gasteiger charge is 2.37. The van der Waals surface area contributed by atoms with Gasteiger partial charge in [0.15, 0.2) is 0 Å². The highest BCUT2D eigenvalue weighted by Crippen LogP contribution is 2.50. The average Bonchev–Trinajstić information content (AvgIpc) is 1.86. The van der Waals surface area contributed by atoms with Crippen molar-refractivity contribution in [2.75, 3.05) is 30.3 Å². The van der Waals surface area contributed by atoms with Gasteiger partial charge in [0, 0.05) is 55.4 Å². The first kappa shape index (κ1) is 72.2. The molecule has 9 aromatic carbocycles. The number of hydrogen-bond acceptors (Lipinski definition) is 6. The molecule has 0 saturated carbocycles. The molecule has 0 aliphatic rings. The third kappa shape index (κ3) is 22.8. The Morgan fingerprint density at radius 2 is 0.607 bits per heavy atom. The first-order chi connectivity index (χ1) is 41.4. The third-order valence-corrected chi connectivity index (χ3v) is 19.8. The van der Waals surface area contributed by atoms with E-state index in [1.54, 1.807) is 0 Å². The van der Waals surface area contributed by atoms with Crippen LogP contribution < -0.4 is 0 Å². The summed E-state index contributed by atoms with van der Waals surface area (Å²) in [5, 5.41) is 18.0. The summed E-state index contributed by atoms with van der Waals surface area (Å²) in [6.45, 7) is 2.17. The number of halogens is 3. The zero-order valence-corrected chi connectivity index (χ0v) is 58.9. The van der Waals surface area contributed by atoms with Crippen molar-refractivity contribution in [1.29, 1.82) is 10.5 Å². The van der Waals surface area contributed by atoms with Crippen LogP contribution in [0.5, 0.6) is 0 Å². The van der Waals surface area contributed by atoms with Crippen LogP contribution in [0.3, 0.4) is 0 Å². The molecule has 9 rings (SSSR count). The Kier molecular flexibility index (Phi) is 38.0. The van der Waals surface area contributed by atoms with E-state index >= 15 is 0 Å². The van der Waals surface area contributed by atoms with Gasteiger partial charge in [-0.1, -0.05) is 322 Å². The van der Waals surface area contributed by atoms with Crippen molar-refractivity contribution in [2.24, 2.45) is 0 Å². The molecule has 0 saturated heterocycles. The van der Waals surface area contributed by atoms with Crippen LogP contribution in [0.15, 0.2) is 273 Å². The van der Waals surface area contributed by atoms with Crippen molar-refractivity contribution < 1.29 is 0 Å². The fourth-order valence-corrected chi connectivity index (χ4v) is 13.2. The van der Waals surface area contributed by atoms with E-state index < -0.39 is 4.75 Å². The van der Waals surface area contributed by atoms with Crippen LogP contribution in [0.25, 0.3) is 0 Å². The summed E-state index contributed by atoms with van der Waals surface area (Å²) in [7, 11) is 1.06. The smallest absolute Gasteiger partial charge is 0.0906 e. The molecule has 0 radical (unpaired) electrons. The first-order valence-corrected chi connectivity index (χ1v) is 42.0. The van der Waals surface area contributed by atoms with Gasteiger partial charge >= 0.3 is 0 Å². The number of thioether (sulfide) groups is 2. The summed E-state index contributed by atoms with van der Waals surface area (Å²) < 4.78 is -0.802. The monoisotopic (exact) mass is 1490 g/mol. The molecule has 0 N–H and O–H groups in total. The molecule has 0 aliphatic heterocycles. The second kappa shape index (κ2) is 44.2. The number of benzene rings is 9. The lowest BCUT2D eigenvalue weighted by Crippen LogP contribution is -2.26. The van der Waals surface area contributed by atoms with Gasteiger partial charge in [0.25, 0.3) is 0 Å². The molecular formula is C74H80BrI2N2PS4. The van der Waals surface area contributed by atoms with Crippen molar-refractivity contribution in [3.8, 4) is 12.1 Å². The molecule has 1 atom stereocenters. The van der Waals surface area contributed by atoms with Gasteiger partial charge in [0.2, 0.25) is 0 Å². The summed E-state index contributed by atoms with van der Waals surface area (Å²) >= 11 is 18.5. The number of nitriles is 2. The quantitative estimate of drug-likeness (QED) is 0.0173. The number of hydrogen-bond donors (Lipinski definition) is 1. The molecule has 436 valence electrons. The zero-order chi connectivity index (χ0) is 60.2. The number of nitrogens with zero attached hydrogens (tertiary/aromatic N) is 2. The lowest BCUT2D eigenvalue weighted by Gasteiger charge is -2.35. The van der Waals surface area contributed by atoms with Gasteiger partial charge in [-0.05, 0) is 101 Å². The fraction of sp³-hybridized carbons (Fsp3) is 0.243. The lowest BCUT2D eigenvalue weighted by atomic mass is 9.84. The highest BCUT2D eigenvalue weighted by atomic mass is 128. The maximum atomic E-state index is 8.70. The van der Waals surface area contributed by atoms with Gasteiger partial charge in [-0.15, -0.1) is 34.9 Å². The minimum Gasteiger partial charge on any atom is -0.198 e. The molecule has 0 aliphatic carbocycles. The maximum absolute atomic E-state index is 8.70. The second-order valence-electron chi connectivity index (χ2n) is 19.2. The topological polar surface area (TPSA) is 47.6 Å². The summed E-state index contributed by atoms with van der Waals surface area (Å²) in [5.41, 5.74) is 11.5. The van der Waals surface area contributed by atoms with Crippen LogP contribution in [0, 0.1) is 22.7 Å². The molecule has 2 nitrogen and oxygen atoms in total. The maximum Gasteiger partial charge on any atom is 0.0906 e. The highest BCUT2D eigenvalue weighted by molar-refractivity contribution is 15.0. The van der Waals surface area contributed by atoms with Gasteiger partial charge in [0.05, 0.1) is 26.4 Å². The van der Waals surface area contributed by atoms with Crippen molar-refractivity contribution in [3.05, 3.63) is 323 Å². The molecular weight excluding hydrogens is 1410 g/mol. The van der Waals surface area contributed by atoms with Gasteiger partial charge in [-0.25, -0.2) is 0 Å². The van der Waals surface area contributed by atoms with E-state index in [0.717, 1.165) is 44.5 Å². The third-order valence-electron chi connectivity index (χ3n) is 13.8.